The van der Waals surface area contributed by atoms with Gasteiger partial charge >= 0.3 is 18.3 Å². The fraction of sp³-hybridized carbons (Fsp3) is 0.533. The van der Waals surface area contributed by atoms with Crippen LogP contribution in [0.4, 0.5) is 35.8 Å². The summed E-state index contributed by atoms with van der Waals surface area (Å²) in [5, 5.41) is 36.7. The van der Waals surface area contributed by atoms with Crippen molar-refractivity contribution in [1.82, 2.24) is 16.0 Å². The van der Waals surface area contributed by atoms with Gasteiger partial charge in [-0.3, -0.25) is 20.2 Å². The van der Waals surface area contributed by atoms with Gasteiger partial charge in [-0.2, -0.15) is 0 Å². The third kappa shape index (κ3) is 38.9. The van der Waals surface area contributed by atoms with E-state index in [1.54, 1.807) is 65.8 Å². The second kappa shape index (κ2) is 34.0. The van der Waals surface area contributed by atoms with Crippen LogP contribution in [0.15, 0.2) is 72.8 Å². The van der Waals surface area contributed by atoms with Gasteiger partial charge in [0.25, 0.3) is 11.4 Å². The number of amides is 3. The minimum Gasteiger partial charge on any atom is -0.494 e. The van der Waals surface area contributed by atoms with Crippen molar-refractivity contribution in [2.45, 2.75) is 121 Å². The molecule has 65 heavy (non-hydrogen) atoms. The number of hydrogen-bond donors (Lipinski definition) is 5. The van der Waals surface area contributed by atoms with Gasteiger partial charge in [0.05, 0.1) is 23.1 Å². The number of alkyl carbamates (subject to hydrolysis) is 3. The van der Waals surface area contributed by atoms with Gasteiger partial charge in [-0.1, -0.05) is 22.3 Å². The van der Waals surface area contributed by atoms with Crippen molar-refractivity contribution in [3.63, 3.8) is 0 Å². The average Bonchev–Trinajstić information content (AvgIpc) is 3.14. The predicted molar refractivity (Wildman–Crippen MR) is 252 cm³/mol. The van der Waals surface area contributed by atoms with Crippen molar-refractivity contribution in [3.8, 4) is 11.5 Å². The van der Waals surface area contributed by atoms with E-state index in [2.05, 4.69) is 16.0 Å². The fourth-order valence-electron chi connectivity index (χ4n) is 3.91. The van der Waals surface area contributed by atoms with E-state index >= 15 is 0 Å². The van der Waals surface area contributed by atoms with Gasteiger partial charge < -0.3 is 50.5 Å². The fourth-order valence-corrected chi connectivity index (χ4v) is 3.91. The van der Waals surface area contributed by atoms with Gasteiger partial charge in [0, 0.05) is 56.2 Å². The molecule has 3 aromatic rings. The second-order valence-corrected chi connectivity index (χ2v) is 15.8. The zero-order valence-corrected chi connectivity index (χ0v) is 37.0. The van der Waals surface area contributed by atoms with E-state index in [9.17, 15) is 39.0 Å². The first kappa shape index (κ1) is 65.2. The topological polar surface area (TPSA) is 266 Å². The third-order valence-electron chi connectivity index (χ3n) is 6.48. The van der Waals surface area contributed by atoms with Crippen molar-refractivity contribution in [2.24, 2.45) is 0 Å². The van der Waals surface area contributed by atoms with Crippen molar-refractivity contribution < 1.29 is 57.4 Å². The normalized spacial score (nSPS) is 10.1. The molecule has 0 aliphatic rings. The maximum absolute atomic E-state index is 12.1. The molecule has 370 valence electrons. The SMILES string of the molecule is C.C.C.CC(C)(C)OC(=O)NCCCO.CC(C)(C)OC(=O)NCCCOc1ccc(N)cc1.CC(C)(C)OC(=O)NCCCOc1ccc([N+](=O)[O-])cc1.O=[N+]([O-])c1ccc(F)cc1. The van der Waals surface area contributed by atoms with Crippen LogP contribution >= 0.6 is 0 Å². The van der Waals surface area contributed by atoms with Crippen LogP contribution in [0, 0.1) is 26.0 Å². The molecule has 3 amide bonds. The number of carbonyl (C=O) groups is 3. The number of nitrogens with two attached hydrogens (primary N) is 1. The van der Waals surface area contributed by atoms with E-state index in [-0.39, 0.29) is 40.3 Å². The number of benzene rings is 3. The Morgan fingerprint density at radius 3 is 1.15 bits per heavy atom. The first-order chi connectivity index (χ1) is 28.8. The molecule has 0 aromatic heterocycles. The third-order valence-corrected chi connectivity index (χ3v) is 6.48. The van der Waals surface area contributed by atoms with Crippen LogP contribution in [0.3, 0.4) is 0 Å². The zero-order chi connectivity index (χ0) is 47.4. The monoisotopic (exact) mass is 927 g/mol. The maximum Gasteiger partial charge on any atom is 0.407 e. The van der Waals surface area contributed by atoms with Crippen LogP contribution < -0.4 is 31.2 Å². The van der Waals surface area contributed by atoms with E-state index < -0.39 is 50.7 Å². The summed E-state index contributed by atoms with van der Waals surface area (Å²) in [5.74, 6) is 0.856. The summed E-state index contributed by atoms with van der Waals surface area (Å²) in [4.78, 5) is 53.1. The first-order valence-corrected chi connectivity index (χ1v) is 19.6. The molecule has 6 N–H and O–H groups in total. The lowest BCUT2D eigenvalue weighted by Crippen LogP contribution is -2.33. The summed E-state index contributed by atoms with van der Waals surface area (Å²) in [6, 6.07) is 17.4. The number of anilines is 1. The van der Waals surface area contributed by atoms with Crippen LogP contribution in [0.2, 0.25) is 0 Å². The molecule has 0 saturated carbocycles. The Kier molecular flexibility index (Phi) is 34.1. The number of aliphatic hydroxyl groups excluding tert-OH is 1. The number of aliphatic hydroxyl groups is 1. The van der Waals surface area contributed by atoms with E-state index in [1.807, 2.05) is 32.9 Å². The van der Waals surface area contributed by atoms with Crippen molar-refractivity contribution in [3.05, 3.63) is 98.8 Å². The Hall–Kier alpha value is -6.44. The Labute approximate surface area is 384 Å². The highest BCUT2D eigenvalue weighted by atomic mass is 19.1. The summed E-state index contributed by atoms with van der Waals surface area (Å²) < 4.78 is 38.2. The number of nitro groups is 2. The molecule has 0 bridgehead atoms. The number of ether oxygens (including phenoxy) is 5. The largest absolute Gasteiger partial charge is 0.494 e. The van der Waals surface area contributed by atoms with E-state index in [0.717, 1.165) is 30.0 Å². The Morgan fingerprint density at radius 1 is 0.569 bits per heavy atom. The minimum absolute atomic E-state index is 0. The van der Waals surface area contributed by atoms with Crippen LogP contribution in [0.5, 0.6) is 11.5 Å². The summed E-state index contributed by atoms with van der Waals surface area (Å²) in [6.07, 6.45) is 0.577. The van der Waals surface area contributed by atoms with E-state index in [1.165, 1.54) is 12.1 Å². The van der Waals surface area contributed by atoms with Gasteiger partial charge in [-0.25, -0.2) is 18.8 Å². The molecule has 0 atom stereocenters. The van der Waals surface area contributed by atoms with Gasteiger partial charge in [0.15, 0.2) is 0 Å². The molecule has 0 unspecified atom stereocenters. The molecule has 0 aliphatic carbocycles. The van der Waals surface area contributed by atoms with Crippen molar-refractivity contribution >= 4 is 35.3 Å². The standard InChI is InChI=1S/C14H20N2O5.C14H22N2O3.C8H17NO3.C6H4FNO2.3CH4/c1-14(2,3)21-13(17)15-9-4-10-20-12-7-5-11(6-8-12)16(18)19;1-14(2,3)19-13(17)16-9-4-10-18-12-7-5-11(15)6-8-12;1-8(2,3)12-7(11)9-5-4-6-10;7-5-1-3-6(4-2-5)8(9)10;;;/h5-8H,4,9-10H2,1-3H3,(H,15,17);5-8H,4,9-10,15H2,1-3H3,(H,16,17);10H,4-6H2,1-3H3,(H,9,11);1-4H;3*1H4. The molecule has 0 radical (unpaired) electrons. The van der Waals surface area contributed by atoms with Crippen LogP contribution in [0.25, 0.3) is 0 Å². The number of carbonyl (C=O) groups excluding carboxylic acids is 3. The lowest BCUT2D eigenvalue weighted by Gasteiger charge is -2.19. The molecule has 0 aliphatic heterocycles. The molecule has 20 heteroatoms. The maximum atomic E-state index is 12.1. The van der Waals surface area contributed by atoms with Crippen molar-refractivity contribution in [1.29, 1.82) is 0 Å². The molecule has 0 fully saturated rings. The molecule has 19 nitrogen and oxygen atoms in total. The average molecular weight is 927 g/mol. The first-order valence-electron chi connectivity index (χ1n) is 19.6. The predicted octanol–water partition coefficient (Wildman–Crippen LogP) is 9.99. The summed E-state index contributed by atoms with van der Waals surface area (Å²) in [5.41, 5.74) is 4.77. The number of nitrogens with one attached hydrogen (secondary N) is 3. The van der Waals surface area contributed by atoms with Gasteiger partial charge in [-0.15, -0.1) is 0 Å². The summed E-state index contributed by atoms with van der Waals surface area (Å²) in [6.45, 7) is 18.7. The lowest BCUT2D eigenvalue weighted by atomic mass is 10.2. The Bertz CT molecular complexity index is 1760. The highest BCUT2D eigenvalue weighted by Gasteiger charge is 2.17. The highest BCUT2D eigenvalue weighted by molar-refractivity contribution is 5.68. The number of nitro benzene ring substituents is 2. The summed E-state index contributed by atoms with van der Waals surface area (Å²) >= 11 is 0. The molecule has 3 rings (SSSR count). The molecular formula is C45H75FN6O13. The zero-order valence-electron chi connectivity index (χ0n) is 37.0. The van der Waals surface area contributed by atoms with Crippen LogP contribution in [0.1, 0.15) is 104 Å². The van der Waals surface area contributed by atoms with Gasteiger partial charge in [0.1, 0.15) is 34.1 Å². The highest BCUT2D eigenvalue weighted by Crippen LogP contribution is 2.18. The Morgan fingerprint density at radius 2 is 0.862 bits per heavy atom. The molecule has 3 aromatic carbocycles. The number of rotatable bonds is 15. The summed E-state index contributed by atoms with van der Waals surface area (Å²) in [7, 11) is 0. The number of halogens is 1. The van der Waals surface area contributed by atoms with E-state index in [4.69, 9.17) is 34.5 Å². The number of non-ortho nitro benzene ring substituents is 2. The van der Waals surface area contributed by atoms with E-state index in [0.29, 0.717) is 63.5 Å². The van der Waals surface area contributed by atoms with Gasteiger partial charge in [0.2, 0.25) is 0 Å². The second-order valence-electron chi connectivity index (χ2n) is 15.8. The number of hydrogen-bond acceptors (Lipinski definition) is 14. The quantitative estimate of drug-likeness (QED) is 0.0312. The van der Waals surface area contributed by atoms with Crippen LogP contribution in [-0.2, 0) is 14.2 Å². The number of nitrogen functional groups attached to an aromatic ring is 1. The number of nitrogens with zero attached hydrogens (tertiary/aromatic N) is 2. The molecular weight excluding hydrogens is 852 g/mol. The minimum atomic E-state index is -0.570. The van der Waals surface area contributed by atoms with Crippen LogP contribution in [-0.4, -0.2) is 89.5 Å². The molecule has 0 heterocycles. The van der Waals surface area contributed by atoms with Gasteiger partial charge in [-0.05, 0) is 130 Å². The Balaban J connectivity index is -0.000000390. The van der Waals surface area contributed by atoms with Crippen molar-refractivity contribution in [2.75, 3.05) is 45.2 Å². The molecule has 0 spiro atoms. The molecule has 0 saturated heterocycles. The smallest absolute Gasteiger partial charge is 0.407 e. The lowest BCUT2D eigenvalue weighted by molar-refractivity contribution is -0.385.